The Morgan fingerprint density at radius 1 is 1.03 bits per heavy atom. The number of Topliss-reactive ketones (excluding diaryl/α,β-unsaturated/α-hetero) is 1. The van der Waals surface area contributed by atoms with Crippen LogP contribution in [0.25, 0.3) is 21.7 Å². The van der Waals surface area contributed by atoms with Gasteiger partial charge in [-0.05, 0) is 66.1 Å². The van der Waals surface area contributed by atoms with Crippen molar-refractivity contribution in [3.05, 3.63) is 81.9 Å². The number of aliphatic carboxylic acids is 2. The summed E-state index contributed by atoms with van der Waals surface area (Å²) in [7, 11) is 0. The Bertz CT molecular complexity index is 1520. The van der Waals surface area contributed by atoms with E-state index < -0.39 is 17.9 Å². The second-order valence-electron chi connectivity index (χ2n) is 8.69. The van der Waals surface area contributed by atoms with Crippen LogP contribution in [0.1, 0.15) is 41.0 Å². The number of nitrogens with zero attached hydrogens (tertiary/aromatic N) is 1. The van der Waals surface area contributed by atoms with E-state index in [-0.39, 0.29) is 30.6 Å². The highest BCUT2D eigenvalue weighted by atomic mass is 16.4. The predicted octanol–water partition coefficient (Wildman–Crippen LogP) is 4.14. The normalized spacial score (nSPS) is 11.9. The average molecular weight is 488 g/mol. The first-order chi connectivity index (χ1) is 17.2. The van der Waals surface area contributed by atoms with Gasteiger partial charge in [0.15, 0.2) is 5.78 Å². The van der Waals surface area contributed by atoms with Crippen LogP contribution < -0.4 is 10.9 Å². The first-order valence-electron chi connectivity index (χ1n) is 11.5. The fourth-order valence-corrected chi connectivity index (χ4v) is 4.16. The van der Waals surface area contributed by atoms with Crippen molar-refractivity contribution in [3.63, 3.8) is 0 Å². The molecular weight excluding hydrogens is 462 g/mol. The lowest BCUT2D eigenvalue weighted by Gasteiger charge is -2.11. The molecule has 0 bridgehead atoms. The standard InChI is InChI=1S/C27H25N3O6/c1-15-29-22-10-6-17-3-2-16(12-21(17)25(22)26(34)30-15)14-28-20-8-4-18(5-9-20)23(31)13-19(27(35)36)7-11-24(32)33/h2-6,8-10,12,19,28H,7,11,13-14H2,1H3,(H,32,33)(H,35,36)(H,29,30,34). The third-order valence-corrected chi connectivity index (χ3v) is 6.06. The number of benzene rings is 3. The average Bonchev–Trinajstić information content (AvgIpc) is 2.84. The summed E-state index contributed by atoms with van der Waals surface area (Å²) in [6, 6.07) is 16.3. The van der Waals surface area contributed by atoms with Crippen LogP contribution in [0.5, 0.6) is 0 Å². The van der Waals surface area contributed by atoms with Gasteiger partial charge in [0.2, 0.25) is 0 Å². The van der Waals surface area contributed by atoms with Crippen LogP contribution in [0.4, 0.5) is 5.69 Å². The number of hydrogen-bond acceptors (Lipinski definition) is 6. The van der Waals surface area contributed by atoms with Gasteiger partial charge < -0.3 is 20.5 Å². The van der Waals surface area contributed by atoms with Gasteiger partial charge in [-0.25, -0.2) is 4.98 Å². The van der Waals surface area contributed by atoms with Crippen molar-refractivity contribution in [1.82, 2.24) is 9.97 Å². The fourth-order valence-electron chi connectivity index (χ4n) is 4.16. The van der Waals surface area contributed by atoms with E-state index >= 15 is 0 Å². The number of aryl methyl sites for hydroxylation is 1. The first kappa shape index (κ1) is 24.6. The van der Waals surface area contributed by atoms with E-state index in [0.29, 0.717) is 28.8 Å². The quantitative estimate of drug-likeness (QED) is 0.193. The van der Waals surface area contributed by atoms with Crippen LogP contribution in [-0.4, -0.2) is 37.9 Å². The Kier molecular flexibility index (Phi) is 7.10. The molecule has 0 fully saturated rings. The van der Waals surface area contributed by atoms with Crippen LogP contribution in [-0.2, 0) is 16.1 Å². The van der Waals surface area contributed by atoms with Crippen LogP contribution in [0, 0.1) is 12.8 Å². The largest absolute Gasteiger partial charge is 0.481 e. The second-order valence-corrected chi connectivity index (χ2v) is 8.69. The molecule has 36 heavy (non-hydrogen) atoms. The fraction of sp³-hybridized carbons (Fsp3) is 0.222. The minimum atomic E-state index is -1.18. The number of ketones is 1. The number of hydrogen-bond donors (Lipinski definition) is 4. The lowest BCUT2D eigenvalue weighted by Crippen LogP contribution is -2.19. The molecule has 9 heteroatoms. The zero-order chi connectivity index (χ0) is 25.8. The number of carboxylic acids is 2. The number of anilines is 1. The molecule has 1 aromatic heterocycles. The van der Waals surface area contributed by atoms with Gasteiger partial charge in [0, 0.05) is 30.6 Å². The summed E-state index contributed by atoms with van der Waals surface area (Å²) in [5.41, 5.74) is 2.54. The summed E-state index contributed by atoms with van der Waals surface area (Å²) < 4.78 is 0. The van der Waals surface area contributed by atoms with Crippen LogP contribution >= 0.6 is 0 Å². The van der Waals surface area contributed by atoms with E-state index in [9.17, 15) is 24.3 Å². The molecule has 1 atom stereocenters. The van der Waals surface area contributed by atoms with Crippen molar-refractivity contribution in [2.45, 2.75) is 32.7 Å². The number of rotatable bonds is 10. The van der Waals surface area contributed by atoms with E-state index in [2.05, 4.69) is 15.3 Å². The van der Waals surface area contributed by atoms with Crippen LogP contribution in [0.2, 0.25) is 0 Å². The van der Waals surface area contributed by atoms with Crippen molar-refractivity contribution >= 4 is 45.1 Å². The second kappa shape index (κ2) is 10.4. The Balaban J connectivity index is 1.45. The molecule has 0 aliphatic rings. The van der Waals surface area contributed by atoms with E-state index in [1.807, 2.05) is 30.3 Å². The van der Waals surface area contributed by atoms with E-state index in [1.165, 1.54) is 0 Å². The summed E-state index contributed by atoms with van der Waals surface area (Å²) in [6.07, 6.45) is -0.658. The molecule has 0 saturated heterocycles. The molecule has 4 aromatic rings. The molecule has 1 unspecified atom stereocenters. The number of aromatic amines is 1. The third kappa shape index (κ3) is 5.57. The zero-order valence-corrected chi connectivity index (χ0v) is 19.6. The molecule has 0 aliphatic heterocycles. The van der Waals surface area contributed by atoms with E-state index in [4.69, 9.17) is 5.11 Å². The molecule has 0 aliphatic carbocycles. The Hall–Kier alpha value is -4.53. The maximum absolute atomic E-state index is 12.6. The molecule has 0 amide bonds. The van der Waals surface area contributed by atoms with E-state index in [1.54, 1.807) is 31.2 Å². The smallest absolute Gasteiger partial charge is 0.306 e. The van der Waals surface area contributed by atoms with Gasteiger partial charge in [-0.2, -0.15) is 0 Å². The summed E-state index contributed by atoms with van der Waals surface area (Å²) in [5.74, 6) is -3.11. The molecule has 3 aromatic carbocycles. The van der Waals surface area contributed by atoms with Crippen LogP contribution in [0.3, 0.4) is 0 Å². The summed E-state index contributed by atoms with van der Waals surface area (Å²) in [6.45, 7) is 2.22. The maximum atomic E-state index is 12.6. The molecule has 184 valence electrons. The minimum Gasteiger partial charge on any atom is -0.481 e. The topological polar surface area (TPSA) is 149 Å². The van der Waals surface area contributed by atoms with E-state index in [0.717, 1.165) is 22.0 Å². The number of H-pyrrole nitrogens is 1. The van der Waals surface area contributed by atoms with Gasteiger partial charge in [-0.15, -0.1) is 0 Å². The van der Waals surface area contributed by atoms with Gasteiger partial charge in [0.05, 0.1) is 16.8 Å². The Morgan fingerprint density at radius 2 is 1.75 bits per heavy atom. The van der Waals surface area contributed by atoms with Crippen molar-refractivity contribution in [1.29, 1.82) is 0 Å². The van der Waals surface area contributed by atoms with Crippen molar-refractivity contribution in [2.24, 2.45) is 5.92 Å². The van der Waals surface area contributed by atoms with Gasteiger partial charge in [-0.1, -0.05) is 18.2 Å². The molecular formula is C27H25N3O6. The Morgan fingerprint density at radius 3 is 2.44 bits per heavy atom. The molecule has 0 saturated carbocycles. The SMILES string of the molecule is Cc1nc2ccc3ccc(CNc4ccc(C(=O)CC(CCC(=O)O)C(=O)O)cc4)cc3c2c(=O)[nH]1. The summed E-state index contributed by atoms with van der Waals surface area (Å²) in [5, 5.41) is 23.6. The first-order valence-corrected chi connectivity index (χ1v) is 11.5. The molecule has 4 rings (SSSR count). The van der Waals surface area contributed by atoms with Gasteiger partial charge >= 0.3 is 11.9 Å². The Labute approximate surface area is 205 Å². The highest BCUT2D eigenvalue weighted by molar-refractivity contribution is 6.05. The third-order valence-electron chi connectivity index (χ3n) is 6.06. The highest BCUT2D eigenvalue weighted by Crippen LogP contribution is 2.24. The van der Waals surface area contributed by atoms with Crippen molar-refractivity contribution in [3.8, 4) is 0 Å². The number of nitrogens with one attached hydrogen (secondary N) is 2. The molecule has 1 heterocycles. The number of aromatic nitrogens is 2. The predicted molar refractivity (Wildman–Crippen MR) is 135 cm³/mol. The minimum absolute atomic E-state index is 0.0986. The summed E-state index contributed by atoms with van der Waals surface area (Å²) >= 11 is 0. The lowest BCUT2D eigenvalue weighted by atomic mass is 9.94. The van der Waals surface area contributed by atoms with Gasteiger partial charge in [-0.3, -0.25) is 19.2 Å². The molecule has 4 N–H and O–H groups in total. The van der Waals surface area contributed by atoms with Gasteiger partial charge in [0.1, 0.15) is 5.82 Å². The zero-order valence-electron chi connectivity index (χ0n) is 19.6. The summed E-state index contributed by atoms with van der Waals surface area (Å²) in [4.78, 5) is 54.3. The number of carbonyl (C=O) groups is 3. The molecule has 0 spiro atoms. The lowest BCUT2D eigenvalue weighted by molar-refractivity contribution is -0.142. The monoisotopic (exact) mass is 487 g/mol. The van der Waals surface area contributed by atoms with Crippen molar-refractivity contribution in [2.75, 3.05) is 5.32 Å². The number of fused-ring (bicyclic) bond motifs is 3. The molecule has 9 nitrogen and oxygen atoms in total. The van der Waals surface area contributed by atoms with Gasteiger partial charge in [0.25, 0.3) is 5.56 Å². The maximum Gasteiger partial charge on any atom is 0.306 e. The highest BCUT2D eigenvalue weighted by Gasteiger charge is 2.23. The number of carbonyl (C=O) groups excluding carboxylic acids is 1. The number of carboxylic acid groups (broad SMARTS) is 2. The van der Waals surface area contributed by atoms with Crippen molar-refractivity contribution < 1.29 is 24.6 Å². The molecule has 0 radical (unpaired) electrons. The van der Waals surface area contributed by atoms with Crippen LogP contribution in [0.15, 0.2) is 59.4 Å².